The fourth-order valence-electron chi connectivity index (χ4n) is 1.35. The van der Waals surface area contributed by atoms with Crippen molar-refractivity contribution >= 4 is 41.9 Å². The van der Waals surface area contributed by atoms with Gasteiger partial charge in [0.05, 0.1) is 4.90 Å². The second-order valence-electron chi connectivity index (χ2n) is 3.68. The van der Waals surface area contributed by atoms with E-state index in [0.29, 0.717) is 11.0 Å². The second kappa shape index (κ2) is 6.87. The van der Waals surface area contributed by atoms with Crippen LogP contribution in [0.25, 0.3) is 0 Å². The third-order valence-electron chi connectivity index (χ3n) is 2.26. The fraction of sp³-hybridized carbons (Fsp3) is 0.455. The van der Waals surface area contributed by atoms with E-state index in [1.165, 1.54) is 0 Å². The number of unbranched alkanes of at least 4 members (excludes halogenated alkanes) is 2. The standard InChI is InChI=1S/C11H15Br2NO2S/c1-2-3-4-7-14-17(15,16)11-6-5-9(12)8-10(11)13/h5-6,8,14H,2-4,7H2,1H3. The first kappa shape index (κ1) is 15.1. The highest BCUT2D eigenvalue weighted by Gasteiger charge is 2.16. The molecule has 0 aliphatic rings. The number of hydrogen-bond acceptors (Lipinski definition) is 2. The van der Waals surface area contributed by atoms with Gasteiger partial charge < -0.3 is 0 Å². The number of halogens is 2. The maximum Gasteiger partial charge on any atom is 0.241 e. The average Bonchev–Trinajstić information content (AvgIpc) is 2.24. The quantitative estimate of drug-likeness (QED) is 0.760. The highest BCUT2D eigenvalue weighted by molar-refractivity contribution is 9.11. The Morgan fingerprint density at radius 3 is 2.53 bits per heavy atom. The molecule has 1 aromatic rings. The third kappa shape index (κ3) is 4.69. The van der Waals surface area contributed by atoms with Crippen molar-refractivity contribution in [3.05, 3.63) is 27.1 Å². The highest BCUT2D eigenvalue weighted by atomic mass is 79.9. The van der Waals surface area contributed by atoms with Gasteiger partial charge in [-0.2, -0.15) is 0 Å². The Morgan fingerprint density at radius 2 is 1.94 bits per heavy atom. The molecule has 1 N–H and O–H groups in total. The topological polar surface area (TPSA) is 46.2 Å². The molecule has 0 spiro atoms. The van der Waals surface area contributed by atoms with Gasteiger partial charge >= 0.3 is 0 Å². The largest absolute Gasteiger partial charge is 0.241 e. The van der Waals surface area contributed by atoms with Crippen molar-refractivity contribution in [1.29, 1.82) is 0 Å². The molecule has 0 aliphatic heterocycles. The maximum absolute atomic E-state index is 12.0. The van der Waals surface area contributed by atoms with Gasteiger partial charge in [0.25, 0.3) is 0 Å². The molecule has 0 atom stereocenters. The molecule has 0 radical (unpaired) electrons. The molecule has 17 heavy (non-hydrogen) atoms. The third-order valence-corrected chi connectivity index (χ3v) is 5.19. The summed E-state index contributed by atoms with van der Waals surface area (Å²) in [7, 11) is -3.41. The lowest BCUT2D eigenvalue weighted by Gasteiger charge is -2.08. The summed E-state index contributed by atoms with van der Waals surface area (Å²) in [6.07, 6.45) is 2.97. The normalized spacial score (nSPS) is 11.7. The van der Waals surface area contributed by atoms with Gasteiger partial charge in [0.1, 0.15) is 0 Å². The first-order valence-electron chi connectivity index (χ1n) is 5.42. The van der Waals surface area contributed by atoms with Crippen molar-refractivity contribution < 1.29 is 8.42 Å². The molecule has 0 bridgehead atoms. The molecule has 3 nitrogen and oxygen atoms in total. The first-order valence-corrected chi connectivity index (χ1v) is 8.49. The van der Waals surface area contributed by atoms with E-state index in [0.717, 1.165) is 23.7 Å². The van der Waals surface area contributed by atoms with Crippen LogP contribution in [0.3, 0.4) is 0 Å². The second-order valence-corrected chi connectivity index (χ2v) is 7.19. The zero-order chi connectivity index (χ0) is 12.9. The van der Waals surface area contributed by atoms with Crippen LogP contribution in [0.15, 0.2) is 32.0 Å². The summed E-state index contributed by atoms with van der Waals surface area (Å²) < 4.78 is 27.9. The first-order chi connectivity index (χ1) is 7.97. The number of sulfonamides is 1. The molecule has 0 unspecified atom stereocenters. The lowest BCUT2D eigenvalue weighted by molar-refractivity contribution is 0.575. The summed E-state index contributed by atoms with van der Waals surface area (Å²) in [5, 5.41) is 0. The molecule has 0 saturated carbocycles. The van der Waals surface area contributed by atoms with Crippen molar-refractivity contribution in [3.63, 3.8) is 0 Å². The van der Waals surface area contributed by atoms with Crippen molar-refractivity contribution in [1.82, 2.24) is 4.72 Å². The lowest BCUT2D eigenvalue weighted by atomic mass is 10.3. The Labute approximate surface area is 119 Å². The Bertz CT molecular complexity index is 474. The van der Waals surface area contributed by atoms with Gasteiger partial charge in [0, 0.05) is 15.5 Å². The van der Waals surface area contributed by atoms with E-state index in [9.17, 15) is 8.42 Å². The van der Waals surface area contributed by atoms with Crippen LogP contribution in [-0.2, 0) is 10.0 Å². The van der Waals surface area contributed by atoms with Crippen molar-refractivity contribution in [2.75, 3.05) is 6.54 Å². The van der Waals surface area contributed by atoms with Gasteiger partial charge in [-0.3, -0.25) is 0 Å². The van der Waals surface area contributed by atoms with Crippen LogP contribution in [0.5, 0.6) is 0 Å². The Balaban J connectivity index is 2.76. The van der Waals surface area contributed by atoms with E-state index < -0.39 is 10.0 Å². The predicted octanol–water partition coefficient (Wildman–Crippen LogP) is 3.68. The van der Waals surface area contributed by atoms with E-state index in [4.69, 9.17) is 0 Å². The van der Waals surface area contributed by atoms with Crippen molar-refractivity contribution in [2.24, 2.45) is 0 Å². The van der Waals surface area contributed by atoms with Crippen LogP contribution in [-0.4, -0.2) is 15.0 Å². The Kier molecular flexibility index (Phi) is 6.12. The molecule has 0 heterocycles. The Morgan fingerprint density at radius 1 is 1.24 bits per heavy atom. The van der Waals surface area contributed by atoms with Crippen LogP contribution in [0, 0.1) is 0 Å². The van der Waals surface area contributed by atoms with E-state index in [-0.39, 0.29) is 4.90 Å². The summed E-state index contributed by atoms with van der Waals surface area (Å²) in [5.41, 5.74) is 0. The molecule has 0 aromatic heterocycles. The van der Waals surface area contributed by atoms with Gasteiger partial charge in [0.2, 0.25) is 10.0 Å². The molecule has 0 amide bonds. The number of benzene rings is 1. The summed E-state index contributed by atoms with van der Waals surface area (Å²) in [6, 6.07) is 5.02. The minimum Gasteiger partial charge on any atom is -0.211 e. The maximum atomic E-state index is 12.0. The van der Waals surface area contributed by atoms with Gasteiger partial charge in [-0.25, -0.2) is 13.1 Å². The van der Waals surface area contributed by atoms with E-state index in [1.54, 1.807) is 18.2 Å². The van der Waals surface area contributed by atoms with E-state index in [1.807, 2.05) is 0 Å². The minimum atomic E-state index is -3.41. The molecule has 6 heteroatoms. The van der Waals surface area contributed by atoms with Gasteiger partial charge in [-0.1, -0.05) is 35.7 Å². The molecule has 96 valence electrons. The SMILES string of the molecule is CCCCCNS(=O)(=O)c1ccc(Br)cc1Br. The molecule has 1 aromatic carbocycles. The summed E-state index contributed by atoms with van der Waals surface area (Å²) >= 11 is 6.55. The van der Waals surface area contributed by atoms with Gasteiger partial charge in [-0.15, -0.1) is 0 Å². The summed E-state index contributed by atoms with van der Waals surface area (Å²) in [6.45, 7) is 2.57. The molecular formula is C11H15Br2NO2S. The number of rotatable bonds is 6. The number of hydrogen-bond donors (Lipinski definition) is 1. The molecule has 1 rings (SSSR count). The summed E-state index contributed by atoms with van der Waals surface area (Å²) in [5.74, 6) is 0. The summed E-state index contributed by atoms with van der Waals surface area (Å²) in [4.78, 5) is 0.275. The average molecular weight is 385 g/mol. The van der Waals surface area contributed by atoms with Crippen LogP contribution < -0.4 is 4.72 Å². The van der Waals surface area contributed by atoms with Crippen LogP contribution >= 0.6 is 31.9 Å². The van der Waals surface area contributed by atoms with Crippen LogP contribution in [0.1, 0.15) is 26.2 Å². The zero-order valence-electron chi connectivity index (χ0n) is 9.54. The molecule has 0 saturated heterocycles. The van der Waals surface area contributed by atoms with E-state index in [2.05, 4.69) is 43.5 Å². The van der Waals surface area contributed by atoms with Crippen LogP contribution in [0.2, 0.25) is 0 Å². The monoisotopic (exact) mass is 383 g/mol. The number of nitrogens with one attached hydrogen (secondary N) is 1. The van der Waals surface area contributed by atoms with Crippen molar-refractivity contribution in [2.45, 2.75) is 31.1 Å². The van der Waals surface area contributed by atoms with Gasteiger partial charge in [0.15, 0.2) is 0 Å². The molecular weight excluding hydrogens is 370 g/mol. The Hall–Kier alpha value is 0.0900. The van der Waals surface area contributed by atoms with Gasteiger partial charge in [-0.05, 0) is 40.5 Å². The zero-order valence-corrected chi connectivity index (χ0v) is 13.5. The highest BCUT2D eigenvalue weighted by Crippen LogP contribution is 2.25. The van der Waals surface area contributed by atoms with E-state index >= 15 is 0 Å². The van der Waals surface area contributed by atoms with Crippen LogP contribution in [0.4, 0.5) is 0 Å². The lowest BCUT2D eigenvalue weighted by Crippen LogP contribution is -2.25. The predicted molar refractivity (Wildman–Crippen MR) is 76.6 cm³/mol. The smallest absolute Gasteiger partial charge is 0.211 e. The molecule has 0 fully saturated rings. The fourth-order valence-corrected chi connectivity index (χ4v) is 4.17. The van der Waals surface area contributed by atoms with Crippen molar-refractivity contribution in [3.8, 4) is 0 Å². The minimum absolute atomic E-state index is 0.275. The molecule has 0 aliphatic carbocycles.